The molecular formula is C15H21BrN2O2. The van der Waals surface area contributed by atoms with Crippen LogP contribution in [0.15, 0.2) is 22.7 Å². The van der Waals surface area contributed by atoms with Crippen LogP contribution in [0.5, 0.6) is 0 Å². The van der Waals surface area contributed by atoms with E-state index < -0.39 is 5.60 Å². The van der Waals surface area contributed by atoms with E-state index in [9.17, 15) is 4.79 Å². The van der Waals surface area contributed by atoms with Crippen LogP contribution in [-0.4, -0.2) is 25.3 Å². The van der Waals surface area contributed by atoms with Gasteiger partial charge in [0.25, 0.3) is 0 Å². The average molecular weight is 341 g/mol. The second-order valence-corrected chi connectivity index (χ2v) is 7.03. The molecule has 0 spiro atoms. The van der Waals surface area contributed by atoms with Gasteiger partial charge in [0.05, 0.1) is 6.04 Å². The molecule has 5 heteroatoms. The minimum absolute atomic E-state index is 0.00384. The highest BCUT2D eigenvalue weighted by Gasteiger charge is 2.26. The molecule has 0 fully saturated rings. The van der Waals surface area contributed by atoms with E-state index in [1.165, 1.54) is 0 Å². The van der Waals surface area contributed by atoms with Gasteiger partial charge in [-0.15, -0.1) is 0 Å². The maximum atomic E-state index is 11.9. The van der Waals surface area contributed by atoms with Crippen LogP contribution in [-0.2, 0) is 4.74 Å². The maximum absolute atomic E-state index is 11.9. The molecule has 20 heavy (non-hydrogen) atoms. The number of hydrogen-bond donors (Lipinski definition) is 1. The highest BCUT2D eigenvalue weighted by molar-refractivity contribution is 9.10. The highest BCUT2D eigenvalue weighted by Crippen LogP contribution is 2.35. The Morgan fingerprint density at radius 2 is 2.15 bits per heavy atom. The molecule has 0 saturated heterocycles. The Morgan fingerprint density at radius 1 is 1.45 bits per heavy atom. The molecule has 4 nitrogen and oxygen atoms in total. The van der Waals surface area contributed by atoms with Crippen LogP contribution in [0, 0.1) is 0 Å². The molecule has 0 aliphatic carbocycles. The third-order valence-electron chi connectivity index (χ3n) is 3.22. The summed E-state index contributed by atoms with van der Waals surface area (Å²) in [5.41, 5.74) is 1.80. The van der Waals surface area contributed by atoms with Gasteiger partial charge in [-0.05, 0) is 44.9 Å². The van der Waals surface area contributed by atoms with E-state index in [0.29, 0.717) is 0 Å². The normalized spacial score (nSPS) is 18.4. The number of carbonyl (C=O) groups is 1. The Labute approximate surface area is 128 Å². The van der Waals surface area contributed by atoms with Gasteiger partial charge >= 0.3 is 6.09 Å². The molecule has 1 unspecified atom stereocenters. The maximum Gasteiger partial charge on any atom is 0.408 e. The lowest BCUT2D eigenvalue weighted by molar-refractivity contribution is 0.0500. The average Bonchev–Trinajstić information content (AvgIpc) is 2.30. The molecule has 0 radical (unpaired) electrons. The lowest BCUT2D eigenvalue weighted by atomic mass is 9.97. The minimum Gasteiger partial charge on any atom is -0.444 e. The van der Waals surface area contributed by atoms with E-state index in [1.54, 1.807) is 0 Å². The van der Waals surface area contributed by atoms with Gasteiger partial charge in [-0.25, -0.2) is 4.79 Å². The summed E-state index contributed by atoms with van der Waals surface area (Å²) >= 11 is 3.49. The summed E-state index contributed by atoms with van der Waals surface area (Å²) in [6, 6.07) is 6.14. The van der Waals surface area contributed by atoms with Crippen LogP contribution >= 0.6 is 15.9 Å². The summed E-state index contributed by atoms with van der Waals surface area (Å²) in [4.78, 5) is 14.1. The topological polar surface area (TPSA) is 41.6 Å². The molecule has 0 bridgehead atoms. The Bertz CT molecular complexity index is 511. The van der Waals surface area contributed by atoms with E-state index in [4.69, 9.17) is 4.74 Å². The number of nitrogens with one attached hydrogen (secondary N) is 1. The number of anilines is 1. The van der Waals surface area contributed by atoms with Crippen molar-refractivity contribution in [2.24, 2.45) is 0 Å². The standard InChI is InChI=1S/C15H21BrN2O2/c1-15(2,3)20-14(19)17-12-7-8-18(4)13-9-10(16)5-6-11(12)13/h5-6,9,12H,7-8H2,1-4H3,(H,17,19). The number of carbonyl (C=O) groups excluding carboxylic acids is 1. The zero-order valence-corrected chi connectivity index (χ0v) is 14.0. The van der Waals surface area contributed by atoms with Crippen LogP contribution in [0.3, 0.4) is 0 Å². The van der Waals surface area contributed by atoms with E-state index in [2.05, 4.69) is 45.3 Å². The van der Waals surface area contributed by atoms with Gasteiger partial charge in [-0.2, -0.15) is 0 Å². The number of hydrogen-bond acceptors (Lipinski definition) is 3. The molecule has 1 aromatic carbocycles. The number of rotatable bonds is 1. The quantitative estimate of drug-likeness (QED) is 0.843. The fourth-order valence-electron chi connectivity index (χ4n) is 2.34. The summed E-state index contributed by atoms with van der Waals surface area (Å²) < 4.78 is 6.38. The zero-order chi connectivity index (χ0) is 14.9. The number of nitrogens with zero attached hydrogens (tertiary/aromatic N) is 1. The summed E-state index contributed by atoms with van der Waals surface area (Å²) in [5.74, 6) is 0. The van der Waals surface area contributed by atoms with E-state index in [-0.39, 0.29) is 12.1 Å². The molecule has 1 atom stereocenters. The smallest absolute Gasteiger partial charge is 0.408 e. The number of alkyl carbamates (subject to hydrolysis) is 1. The Hall–Kier alpha value is -1.23. The molecule has 0 aromatic heterocycles. The lowest BCUT2D eigenvalue weighted by Crippen LogP contribution is -2.39. The summed E-state index contributed by atoms with van der Waals surface area (Å²) in [5, 5.41) is 2.97. The van der Waals surface area contributed by atoms with Crippen molar-refractivity contribution >= 4 is 27.7 Å². The number of benzene rings is 1. The van der Waals surface area contributed by atoms with Gasteiger partial charge in [0.15, 0.2) is 0 Å². The van der Waals surface area contributed by atoms with Crippen molar-refractivity contribution < 1.29 is 9.53 Å². The number of amides is 1. The fourth-order valence-corrected chi connectivity index (χ4v) is 2.69. The first-order chi connectivity index (χ1) is 9.26. The van der Waals surface area contributed by atoms with Crippen molar-refractivity contribution in [3.63, 3.8) is 0 Å². The molecule has 1 aliphatic heterocycles. The molecule has 1 amide bonds. The zero-order valence-electron chi connectivity index (χ0n) is 12.4. The van der Waals surface area contributed by atoms with Crippen LogP contribution in [0.1, 0.15) is 38.8 Å². The van der Waals surface area contributed by atoms with Crippen molar-refractivity contribution in [1.82, 2.24) is 5.32 Å². The molecule has 1 aliphatic rings. The van der Waals surface area contributed by atoms with Gasteiger partial charge < -0.3 is 15.0 Å². The predicted octanol–water partition coefficient (Wildman–Crippen LogP) is 3.85. The van der Waals surface area contributed by atoms with Crippen molar-refractivity contribution in [1.29, 1.82) is 0 Å². The monoisotopic (exact) mass is 340 g/mol. The predicted molar refractivity (Wildman–Crippen MR) is 84.1 cm³/mol. The Balaban J connectivity index is 2.16. The number of fused-ring (bicyclic) bond motifs is 1. The Kier molecular flexibility index (Phi) is 4.28. The molecule has 1 heterocycles. The molecule has 110 valence electrons. The highest BCUT2D eigenvalue weighted by atomic mass is 79.9. The number of halogens is 1. The van der Waals surface area contributed by atoms with Gasteiger partial charge in [-0.1, -0.05) is 22.0 Å². The van der Waals surface area contributed by atoms with Gasteiger partial charge in [0.1, 0.15) is 5.60 Å². The van der Waals surface area contributed by atoms with Crippen molar-refractivity contribution in [3.8, 4) is 0 Å². The lowest BCUT2D eigenvalue weighted by Gasteiger charge is -2.34. The second kappa shape index (κ2) is 5.64. The first-order valence-electron chi connectivity index (χ1n) is 6.76. The fraction of sp³-hybridized carbons (Fsp3) is 0.533. The van der Waals surface area contributed by atoms with Crippen molar-refractivity contribution in [2.45, 2.75) is 38.8 Å². The van der Waals surface area contributed by atoms with Crippen molar-refractivity contribution in [3.05, 3.63) is 28.2 Å². The summed E-state index contributed by atoms with van der Waals surface area (Å²) in [6.07, 6.45) is 0.519. The Morgan fingerprint density at radius 3 is 2.80 bits per heavy atom. The van der Waals surface area contributed by atoms with E-state index in [0.717, 1.165) is 28.7 Å². The van der Waals surface area contributed by atoms with Crippen LogP contribution in [0.4, 0.5) is 10.5 Å². The molecule has 2 rings (SSSR count). The molecule has 1 N–H and O–H groups in total. The largest absolute Gasteiger partial charge is 0.444 e. The van der Waals surface area contributed by atoms with Crippen molar-refractivity contribution in [2.75, 3.05) is 18.5 Å². The minimum atomic E-state index is -0.474. The first-order valence-corrected chi connectivity index (χ1v) is 7.56. The van der Waals surface area contributed by atoms with E-state index >= 15 is 0 Å². The molecular weight excluding hydrogens is 320 g/mol. The first kappa shape index (κ1) is 15.2. The van der Waals surface area contributed by atoms with Gasteiger partial charge in [-0.3, -0.25) is 0 Å². The van der Waals surface area contributed by atoms with Gasteiger partial charge in [0.2, 0.25) is 0 Å². The third-order valence-corrected chi connectivity index (χ3v) is 3.72. The second-order valence-electron chi connectivity index (χ2n) is 6.11. The van der Waals surface area contributed by atoms with Gasteiger partial charge in [0, 0.05) is 23.8 Å². The molecule has 1 aromatic rings. The molecule has 0 saturated carbocycles. The van der Waals surface area contributed by atoms with E-state index in [1.807, 2.05) is 26.8 Å². The summed E-state index contributed by atoms with van der Waals surface area (Å²) in [6.45, 7) is 6.51. The van der Waals surface area contributed by atoms with Crippen LogP contribution < -0.4 is 10.2 Å². The SMILES string of the molecule is CN1CCC(NC(=O)OC(C)(C)C)c2ccc(Br)cc21. The van der Waals surface area contributed by atoms with Crippen LogP contribution in [0.25, 0.3) is 0 Å². The third kappa shape index (κ3) is 3.66. The summed E-state index contributed by atoms with van der Waals surface area (Å²) in [7, 11) is 2.06. The van der Waals surface area contributed by atoms with Crippen LogP contribution in [0.2, 0.25) is 0 Å². The number of ether oxygens (including phenoxy) is 1.